The van der Waals surface area contributed by atoms with E-state index in [0.29, 0.717) is 6.42 Å². The summed E-state index contributed by atoms with van der Waals surface area (Å²) in [5, 5.41) is 9.59. The Hall–Kier alpha value is -0.510. The van der Waals surface area contributed by atoms with E-state index in [1.54, 1.807) is 12.1 Å². The molecule has 15 heavy (non-hydrogen) atoms. The van der Waals surface area contributed by atoms with Gasteiger partial charge in [0.2, 0.25) is 0 Å². The third kappa shape index (κ3) is 4.24. The summed E-state index contributed by atoms with van der Waals surface area (Å²) in [5.74, 6) is 0.238. The minimum absolute atomic E-state index is 0. The Bertz CT molecular complexity index is 354. The molecule has 0 aliphatic heterocycles. The van der Waals surface area contributed by atoms with Crippen LogP contribution in [0, 0.1) is 0 Å². The first-order chi connectivity index (χ1) is 6.50. The fraction of sp³-hybridized carbons (Fsp3) is 0.273. The standard InChI is InChI=1S/C11H14BrNO.ClH/c1-7(2)5-10(13)9-6-8(12)3-4-11(9)14;/h3-4,6,10,14H,1,5,13H2,2H3;1H/t10-;/m1./s1. The van der Waals surface area contributed by atoms with Crippen molar-refractivity contribution in [2.45, 2.75) is 19.4 Å². The Balaban J connectivity index is 0.00000196. The maximum Gasteiger partial charge on any atom is 0.120 e. The first kappa shape index (κ1) is 14.5. The molecule has 0 amide bonds. The SMILES string of the molecule is C=C(C)C[C@@H](N)c1cc(Br)ccc1O.Cl. The molecular weight excluding hydrogens is 277 g/mol. The number of phenols is 1. The van der Waals surface area contributed by atoms with Crippen molar-refractivity contribution in [3.63, 3.8) is 0 Å². The molecule has 0 heterocycles. The van der Waals surface area contributed by atoms with E-state index in [1.165, 1.54) is 0 Å². The van der Waals surface area contributed by atoms with Crippen LogP contribution in [0.25, 0.3) is 0 Å². The Labute approximate surface area is 105 Å². The molecule has 4 heteroatoms. The molecule has 3 N–H and O–H groups in total. The largest absolute Gasteiger partial charge is 0.508 e. The van der Waals surface area contributed by atoms with Crippen molar-refractivity contribution in [2.75, 3.05) is 0 Å². The third-order valence-corrected chi connectivity index (χ3v) is 2.45. The van der Waals surface area contributed by atoms with Crippen molar-refractivity contribution in [3.05, 3.63) is 40.4 Å². The minimum atomic E-state index is -0.190. The summed E-state index contributed by atoms with van der Waals surface area (Å²) < 4.78 is 0.919. The van der Waals surface area contributed by atoms with Crippen LogP contribution in [0.1, 0.15) is 24.9 Å². The smallest absolute Gasteiger partial charge is 0.120 e. The van der Waals surface area contributed by atoms with Crippen molar-refractivity contribution in [1.82, 2.24) is 0 Å². The number of halogens is 2. The first-order valence-corrected chi connectivity index (χ1v) is 5.18. The van der Waals surface area contributed by atoms with Gasteiger partial charge in [0.15, 0.2) is 0 Å². The van der Waals surface area contributed by atoms with Crippen molar-refractivity contribution in [1.29, 1.82) is 0 Å². The second-order valence-corrected chi connectivity index (χ2v) is 4.39. The fourth-order valence-electron chi connectivity index (χ4n) is 1.31. The van der Waals surface area contributed by atoms with Gasteiger partial charge in [-0.15, -0.1) is 19.0 Å². The molecule has 84 valence electrons. The molecule has 0 spiro atoms. The van der Waals surface area contributed by atoms with Gasteiger partial charge >= 0.3 is 0 Å². The Kier molecular flexibility index (Phi) is 5.95. The van der Waals surface area contributed by atoms with Crippen LogP contribution >= 0.6 is 28.3 Å². The van der Waals surface area contributed by atoms with E-state index in [4.69, 9.17) is 5.73 Å². The molecule has 0 unspecified atom stereocenters. The van der Waals surface area contributed by atoms with Gasteiger partial charge in [-0.05, 0) is 31.5 Å². The van der Waals surface area contributed by atoms with Crippen LogP contribution in [0.4, 0.5) is 0 Å². The predicted octanol–water partition coefficient (Wildman–Crippen LogP) is 3.54. The van der Waals surface area contributed by atoms with Crippen LogP contribution < -0.4 is 5.73 Å². The lowest BCUT2D eigenvalue weighted by Crippen LogP contribution is -2.10. The molecule has 1 aromatic rings. The minimum Gasteiger partial charge on any atom is -0.508 e. The molecule has 0 bridgehead atoms. The summed E-state index contributed by atoms with van der Waals surface area (Å²) in [7, 11) is 0. The molecule has 0 saturated carbocycles. The summed E-state index contributed by atoms with van der Waals surface area (Å²) in [6.45, 7) is 5.72. The average molecular weight is 293 g/mol. The summed E-state index contributed by atoms with van der Waals surface area (Å²) in [6.07, 6.45) is 0.685. The summed E-state index contributed by atoms with van der Waals surface area (Å²) >= 11 is 3.34. The van der Waals surface area contributed by atoms with Crippen LogP contribution in [-0.2, 0) is 0 Å². The Morgan fingerprint density at radius 3 is 2.73 bits per heavy atom. The topological polar surface area (TPSA) is 46.2 Å². The maximum absolute atomic E-state index is 9.59. The normalized spacial score (nSPS) is 11.7. The van der Waals surface area contributed by atoms with Gasteiger partial charge in [-0.3, -0.25) is 0 Å². The molecule has 0 radical (unpaired) electrons. The molecule has 2 nitrogen and oxygen atoms in total. The summed E-state index contributed by atoms with van der Waals surface area (Å²) in [5.41, 5.74) is 7.69. The van der Waals surface area contributed by atoms with Crippen LogP contribution in [-0.4, -0.2) is 5.11 Å². The van der Waals surface area contributed by atoms with Gasteiger partial charge < -0.3 is 10.8 Å². The monoisotopic (exact) mass is 291 g/mol. The van der Waals surface area contributed by atoms with Gasteiger partial charge in [0.25, 0.3) is 0 Å². The van der Waals surface area contributed by atoms with E-state index in [9.17, 15) is 5.11 Å². The number of hydrogen-bond acceptors (Lipinski definition) is 2. The number of hydrogen-bond donors (Lipinski definition) is 2. The lowest BCUT2D eigenvalue weighted by atomic mass is 10.0. The molecule has 1 atom stereocenters. The molecular formula is C11H15BrClNO. The van der Waals surface area contributed by atoms with E-state index < -0.39 is 0 Å². The highest BCUT2D eigenvalue weighted by atomic mass is 79.9. The van der Waals surface area contributed by atoms with Gasteiger partial charge in [-0.1, -0.05) is 21.5 Å². The lowest BCUT2D eigenvalue weighted by Gasteiger charge is -2.13. The van der Waals surface area contributed by atoms with Gasteiger partial charge in [0, 0.05) is 16.1 Å². The Morgan fingerprint density at radius 2 is 2.20 bits per heavy atom. The van der Waals surface area contributed by atoms with Crippen LogP contribution in [0.2, 0.25) is 0 Å². The molecule has 1 aromatic carbocycles. The second kappa shape index (κ2) is 6.16. The zero-order valence-corrected chi connectivity index (χ0v) is 10.9. The quantitative estimate of drug-likeness (QED) is 0.837. The van der Waals surface area contributed by atoms with Crippen LogP contribution in [0.3, 0.4) is 0 Å². The van der Waals surface area contributed by atoms with Crippen molar-refractivity contribution < 1.29 is 5.11 Å². The molecule has 0 aromatic heterocycles. The van der Waals surface area contributed by atoms with E-state index >= 15 is 0 Å². The lowest BCUT2D eigenvalue weighted by molar-refractivity contribution is 0.461. The number of rotatable bonds is 3. The predicted molar refractivity (Wildman–Crippen MR) is 69.4 cm³/mol. The van der Waals surface area contributed by atoms with Gasteiger partial charge in [-0.2, -0.15) is 0 Å². The maximum atomic E-state index is 9.59. The zero-order chi connectivity index (χ0) is 10.7. The molecule has 0 fully saturated rings. The van der Waals surface area contributed by atoms with E-state index in [-0.39, 0.29) is 24.2 Å². The van der Waals surface area contributed by atoms with E-state index in [0.717, 1.165) is 15.6 Å². The highest BCUT2D eigenvalue weighted by molar-refractivity contribution is 9.10. The fourth-order valence-corrected chi connectivity index (χ4v) is 1.69. The Morgan fingerprint density at radius 1 is 1.60 bits per heavy atom. The van der Waals surface area contributed by atoms with Crippen molar-refractivity contribution >= 4 is 28.3 Å². The summed E-state index contributed by atoms with van der Waals surface area (Å²) in [4.78, 5) is 0. The number of benzene rings is 1. The van der Waals surface area contributed by atoms with Gasteiger partial charge in [0.05, 0.1) is 0 Å². The van der Waals surface area contributed by atoms with Gasteiger partial charge in [-0.25, -0.2) is 0 Å². The van der Waals surface area contributed by atoms with Gasteiger partial charge in [0.1, 0.15) is 5.75 Å². The third-order valence-electron chi connectivity index (χ3n) is 1.96. The van der Waals surface area contributed by atoms with Crippen molar-refractivity contribution in [3.8, 4) is 5.75 Å². The van der Waals surface area contributed by atoms with Crippen molar-refractivity contribution in [2.24, 2.45) is 5.73 Å². The zero-order valence-electron chi connectivity index (χ0n) is 8.53. The molecule has 0 saturated heterocycles. The highest BCUT2D eigenvalue weighted by Gasteiger charge is 2.11. The van der Waals surface area contributed by atoms with Crippen LogP contribution in [0.15, 0.2) is 34.8 Å². The molecule has 1 rings (SSSR count). The number of aromatic hydroxyl groups is 1. The first-order valence-electron chi connectivity index (χ1n) is 4.39. The second-order valence-electron chi connectivity index (χ2n) is 3.47. The molecule has 0 aliphatic carbocycles. The average Bonchev–Trinajstić information content (AvgIpc) is 2.08. The highest BCUT2D eigenvalue weighted by Crippen LogP contribution is 2.29. The summed E-state index contributed by atoms with van der Waals surface area (Å²) in [6, 6.07) is 5.07. The van der Waals surface area contributed by atoms with E-state index in [1.807, 2.05) is 13.0 Å². The van der Waals surface area contributed by atoms with E-state index in [2.05, 4.69) is 22.5 Å². The molecule has 0 aliphatic rings. The number of nitrogens with two attached hydrogens (primary N) is 1. The van der Waals surface area contributed by atoms with Crippen LogP contribution in [0.5, 0.6) is 5.75 Å². The number of phenolic OH excluding ortho intramolecular Hbond substituents is 1.